The van der Waals surface area contributed by atoms with E-state index in [-0.39, 0.29) is 0 Å². The van der Waals surface area contributed by atoms with E-state index in [1.807, 2.05) is 0 Å². The standard InChI is InChI=1S/C13H20N2/c1-9-4-11(3)12(5-10(9)2)6-15-7-13(14)8-15/h4-5,13H,6-8,14H2,1-3H3. The van der Waals surface area contributed by atoms with Gasteiger partial charge in [0.2, 0.25) is 0 Å². The topological polar surface area (TPSA) is 29.3 Å². The van der Waals surface area contributed by atoms with E-state index in [0.29, 0.717) is 6.04 Å². The van der Waals surface area contributed by atoms with Crippen LogP contribution in [0.2, 0.25) is 0 Å². The van der Waals surface area contributed by atoms with Gasteiger partial charge in [-0.2, -0.15) is 0 Å². The van der Waals surface area contributed by atoms with Gasteiger partial charge in [-0.3, -0.25) is 4.90 Å². The Bertz CT molecular complexity index is 365. The summed E-state index contributed by atoms with van der Waals surface area (Å²) in [5.41, 5.74) is 11.4. The van der Waals surface area contributed by atoms with Crippen LogP contribution in [0.5, 0.6) is 0 Å². The molecule has 82 valence electrons. The second kappa shape index (κ2) is 3.95. The van der Waals surface area contributed by atoms with Crippen LogP contribution in [-0.2, 0) is 6.54 Å². The molecule has 0 bridgehead atoms. The van der Waals surface area contributed by atoms with Gasteiger partial charge in [0, 0.05) is 25.7 Å². The van der Waals surface area contributed by atoms with Gasteiger partial charge in [-0.05, 0) is 43.0 Å². The predicted octanol–water partition coefficient (Wildman–Crippen LogP) is 1.75. The fourth-order valence-corrected chi connectivity index (χ4v) is 2.17. The van der Waals surface area contributed by atoms with Crippen LogP contribution in [0.15, 0.2) is 12.1 Å². The molecule has 0 atom stereocenters. The largest absolute Gasteiger partial charge is 0.325 e. The van der Waals surface area contributed by atoms with Crippen molar-refractivity contribution < 1.29 is 0 Å². The van der Waals surface area contributed by atoms with E-state index >= 15 is 0 Å². The van der Waals surface area contributed by atoms with E-state index in [9.17, 15) is 0 Å². The van der Waals surface area contributed by atoms with Crippen LogP contribution in [0.1, 0.15) is 22.3 Å². The maximum absolute atomic E-state index is 5.77. The van der Waals surface area contributed by atoms with Crippen molar-refractivity contribution in [3.63, 3.8) is 0 Å². The highest BCUT2D eigenvalue weighted by molar-refractivity contribution is 5.36. The molecule has 2 heteroatoms. The second-order valence-corrected chi connectivity index (χ2v) is 4.82. The van der Waals surface area contributed by atoms with Crippen LogP contribution in [0, 0.1) is 20.8 Å². The Morgan fingerprint density at radius 3 is 2.33 bits per heavy atom. The number of hydrogen-bond acceptors (Lipinski definition) is 2. The maximum Gasteiger partial charge on any atom is 0.0297 e. The Labute approximate surface area is 92.1 Å². The lowest BCUT2D eigenvalue weighted by atomic mass is 9.99. The third-order valence-corrected chi connectivity index (χ3v) is 3.33. The highest BCUT2D eigenvalue weighted by Crippen LogP contribution is 2.19. The smallest absolute Gasteiger partial charge is 0.0297 e. The van der Waals surface area contributed by atoms with Gasteiger partial charge >= 0.3 is 0 Å². The lowest BCUT2D eigenvalue weighted by molar-refractivity contribution is 0.142. The summed E-state index contributed by atoms with van der Waals surface area (Å²) in [5.74, 6) is 0. The molecule has 1 fully saturated rings. The van der Waals surface area contributed by atoms with Crippen LogP contribution < -0.4 is 5.73 Å². The monoisotopic (exact) mass is 204 g/mol. The molecule has 15 heavy (non-hydrogen) atoms. The first kappa shape index (κ1) is 10.7. The lowest BCUT2D eigenvalue weighted by Gasteiger charge is -2.37. The van der Waals surface area contributed by atoms with E-state index < -0.39 is 0 Å². The zero-order chi connectivity index (χ0) is 11.0. The summed E-state index contributed by atoms with van der Waals surface area (Å²) in [6.45, 7) is 9.70. The van der Waals surface area contributed by atoms with E-state index in [4.69, 9.17) is 5.73 Å². The Morgan fingerprint density at radius 1 is 1.13 bits per heavy atom. The quantitative estimate of drug-likeness (QED) is 0.795. The third kappa shape index (κ3) is 2.21. The molecule has 1 aliphatic rings. The molecular formula is C13H20N2. The Hall–Kier alpha value is -0.860. The first-order valence-corrected chi connectivity index (χ1v) is 5.61. The van der Waals surface area contributed by atoms with Gasteiger partial charge in [-0.1, -0.05) is 12.1 Å². The summed E-state index contributed by atoms with van der Waals surface area (Å²) in [5, 5.41) is 0. The molecule has 1 saturated heterocycles. The van der Waals surface area contributed by atoms with E-state index in [0.717, 1.165) is 19.6 Å². The first-order chi connectivity index (χ1) is 7.06. The maximum atomic E-state index is 5.77. The summed E-state index contributed by atoms with van der Waals surface area (Å²) in [7, 11) is 0. The molecular weight excluding hydrogens is 184 g/mol. The van der Waals surface area contributed by atoms with Crippen LogP contribution >= 0.6 is 0 Å². The highest BCUT2D eigenvalue weighted by atomic mass is 15.2. The zero-order valence-corrected chi connectivity index (χ0v) is 9.88. The van der Waals surface area contributed by atoms with Gasteiger partial charge in [0.05, 0.1) is 0 Å². The number of aryl methyl sites for hydroxylation is 3. The minimum atomic E-state index is 0.400. The molecule has 0 spiro atoms. The van der Waals surface area contributed by atoms with Crippen LogP contribution in [0.4, 0.5) is 0 Å². The molecule has 0 saturated carbocycles. The molecule has 1 aromatic rings. The molecule has 2 nitrogen and oxygen atoms in total. The molecule has 1 heterocycles. The summed E-state index contributed by atoms with van der Waals surface area (Å²) in [4.78, 5) is 2.40. The minimum absolute atomic E-state index is 0.400. The number of nitrogens with zero attached hydrogens (tertiary/aromatic N) is 1. The highest BCUT2D eigenvalue weighted by Gasteiger charge is 2.23. The van der Waals surface area contributed by atoms with Crippen molar-refractivity contribution in [2.45, 2.75) is 33.4 Å². The van der Waals surface area contributed by atoms with E-state index in [1.54, 1.807) is 0 Å². The van der Waals surface area contributed by atoms with Crippen LogP contribution in [-0.4, -0.2) is 24.0 Å². The number of benzene rings is 1. The fraction of sp³-hybridized carbons (Fsp3) is 0.538. The van der Waals surface area contributed by atoms with Crippen molar-refractivity contribution in [3.8, 4) is 0 Å². The van der Waals surface area contributed by atoms with Gasteiger partial charge in [-0.25, -0.2) is 0 Å². The Morgan fingerprint density at radius 2 is 1.73 bits per heavy atom. The number of nitrogens with two attached hydrogens (primary N) is 1. The summed E-state index contributed by atoms with van der Waals surface area (Å²) in [6, 6.07) is 5.00. The van der Waals surface area contributed by atoms with Gasteiger partial charge in [-0.15, -0.1) is 0 Å². The molecule has 0 amide bonds. The van der Waals surface area contributed by atoms with Crippen molar-refractivity contribution in [2.24, 2.45) is 5.73 Å². The number of hydrogen-bond donors (Lipinski definition) is 1. The molecule has 1 aliphatic heterocycles. The minimum Gasteiger partial charge on any atom is -0.325 e. The lowest BCUT2D eigenvalue weighted by Crippen LogP contribution is -2.54. The van der Waals surface area contributed by atoms with Crippen molar-refractivity contribution in [1.29, 1.82) is 0 Å². The van der Waals surface area contributed by atoms with Crippen LogP contribution in [0.25, 0.3) is 0 Å². The molecule has 0 radical (unpaired) electrons. The summed E-state index contributed by atoms with van der Waals surface area (Å²) < 4.78 is 0. The molecule has 0 unspecified atom stereocenters. The summed E-state index contributed by atoms with van der Waals surface area (Å²) in [6.07, 6.45) is 0. The molecule has 0 aliphatic carbocycles. The van der Waals surface area contributed by atoms with Gasteiger partial charge in [0.15, 0.2) is 0 Å². The zero-order valence-electron chi connectivity index (χ0n) is 9.88. The van der Waals surface area contributed by atoms with Gasteiger partial charge in [0.1, 0.15) is 0 Å². The number of rotatable bonds is 2. The Kier molecular flexibility index (Phi) is 2.81. The molecule has 0 aromatic heterocycles. The second-order valence-electron chi connectivity index (χ2n) is 4.82. The van der Waals surface area contributed by atoms with Crippen molar-refractivity contribution in [2.75, 3.05) is 13.1 Å². The SMILES string of the molecule is Cc1cc(C)c(CN2CC(N)C2)cc1C. The third-order valence-electron chi connectivity index (χ3n) is 3.33. The molecule has 2 N–H and O–H groups in total. The fourth-order valence-electron chi connectivity index (χ4n) is 2.17. The number of likely N-dealkylation sites (tertiary alicyclic amines) is 1. The predicted molar refractivity (Wildman–Crippen MR) is 63.9 cm³/mol. The first-order valence-electron chi connectivity index (χ1n) is 5.61. The summed E-state index contributed by atoms with van der Waals surface area (Å²) >= 11 is 0. The van der Waals surface area contributed by atoms with Gasteiger partial charge in [0.25, 0.3) is 0 Å². The van der Waals surface area contributed by atoms with Crippen molar-refractivity contribution >= 4 is 0 Å². The molecule has 1 aromatic carbocycles. The van der Waals surface area contributed by atoms with Crippen molar-refractivity contribution in [1.82, 2.24) is 4.90 Å². The van der Waals surface area contributed by atoms with Gasteiger partial charge < -0.3 is 5.73 Å². The van der Waals surface area contributed by atoms with E-state index in [2.05, 4.69) is 37.8 Å². The molecule has 2 rings (SSSR count). The normalized spacial score (nSPS) is 17.9. The Balaban J connectivity index is 2.11. The average molecular weight is 204 g/mol. The van der Waals surface area contributed by atoms with Crippen molar-refractivity contribution in [3.05, 3.63) is 34.4 Å². The average Bonchev–Trinajstić information content (AvgIpc) is 2.11. The van der Waals surface area contributed by atoms with Crippen LogP contribution in [0.3, 0.4) is 0 Å². The van der Waals surface area contributed by atoms with E-state index in [1.165, 1.54) is 22.3 Å².